The Morgan fingerprint density at radius 3 is 1.51 bits per heavy atom. The zero-order valence-electron chi connectivity index (χ0n) is 26.3. The van der Waals surface area contributed by atoms with Crippen molar-refractivity contribution in [2.45, 2.75) is 101 Å². The van der Waals surface area contributed by atoms with Crippen molar-refractivity contribution in [3.63, 3.8) is 0 Å². The van der Waals surface area contributed by atoms with Gasteiger partial charge in [0.2, 0.25) is 0 Å². The number of halogens is 3. The smallest absolute Gasteiger partial charge is 0.493 e. The van der Waals surface area contributed by atoms with E-state index in [1.807, 2.05) is 0 Å². The molecule has 0 unspecified atom stereocenters. The summed E-state index contributed by atoms with van der Waals surface area (Å²) in [6, 6.07) is 23.1. The Balaban J connectivity index is 0.000000777. The molecular weight excluding hydrogens is 622 g/mol. The first-order valence-electron chi connectivity index (χ1n) is 15.8. The average molecular weight is 669 g/mol. The number of rotatable bonds is 18. The molecule has 0 saturated carbocycles. The van der Waals surface area contributed by atoms with Crippen LogP contribution in [0.2, 0.25) is 0 Å². The lowest BCUT2D eigenvalue weighted by molar-refractivity contribution is -0.0510. The molecule has 0 spiro atoms. The first-order valence-corrected chi connectivity index (χ1v) is 17.7. The summed E-state index contributed by atoms with van der Waals surface area (Å²) >= 11 is 4.90. The number of hydrogen-bond acceptors (Lipinski definition) is 5. The van der Waals surface area contributed by atoms with Crippen LogP contribution >= 0.6 is 12.6 Å². The number of ether oxygens (including phenoxy) is 2. The average Bonchev–Trinajstić information content (AvgIpc) is 3.00. The molecule has 0 heterocycles. The fourth-order valence-corrected chi connectivity index (χ4v) is 5.12. The highest BCUT2D eigenvalue weighted by Gasteiger charge is 2.44. The summed E-state index contributed by atoms with van der Waals surface area (Å²) in [5.74, 6) is 1.85. The lowest BCUT2D eigenvalue weighted by Gasteiger charge is -2.19. The first kappa shape index (κ1) is 38.5. The molecule has 3 aromatic rings. The third kappa shape index (κ3) is 13.7. The molecule has 0 atom stereocenters. The van der Waals surface area contributed by atoms with Crippen LogP contribution in [0.4, 0.5) is 13.2 Å². The summed E-state index contributed by atoms with van der Waals surface area (Å²) in [6.45, 7) is 6.00. The summed E-state index contributed by atoms with van der Waals surface area (Å²) in [5, 5.41) is 0. The maximum absolute atomic E-state index is 10.7. The summed E-state index contributed by atoms with van der Waals surface area (Å²) in [6.07, 6.45) is 15.1. The van der Waals surface area contributed by atoms with Gasteiger partial charge in [-0.2, -0.15) is 21.6 Å². The number of thiol groups is 1. The van der Waals surface area contributed by atoms with Crippen molar-refractivity contribution in [3.8, 4) is 33.8 Å². The quantitative estimate of drug-likeness (QED) is 0.0611. The largest absolute Gasteiger partial charge is 0.522 e. The first-order chi connectivity index (χ1) is 21.5. The molecule has 0 bridgehead atoms. The van der Waals surface area contributed by atoms with E-state index < -0.39 is 15.6 Å². The third-order valence-electron chi connectivity index (χ3n) is 7.18. The molecule has 0 aliphatic rings. The molecule has 1 N–H and O–H groups in total. The van der Waals surface area contributed by atoms with Crippen molar-refractivity contribution >= 4 is 22.7 Å². The minimum absolute atomic E-state index is 0.741. The van der Waals surface area contributed by atoms with Crippen LogP contribution in [0.5, 0.6) is 11.5 Å². The van der Waals surface area contributed by atoms with E-state index in [9.17, 15) is 13.2 Å². The maximum Gasteiger partial charge on any atom is 0.522 e. The molecule has 0 radical (unpaired) electrons. The van der Waals surface area contributed by atoms with E-state index >= 15 is 0 Å². The molecule has 0 aliphatic heterocycles. The van der Waals surface area contributed by atoms with E-state index in [0.717, 1.165) is 64.7 Å². The lowest BCUT2D eigenvalue weighted by Crippen LogP contribution is -2.21. The van der Waals surface area contributed by atoms with Gasteiger partial charge < -0.3 is 9.47 Å². The summed E-state index contributed by atoms with van der Waals surface area (Å²) in [7, 11) is -5.84. The van der Waals surface area contributed by atoms with Crippen molar-refractivity contribution in [3.05, 3.63) is 66.7 Å². The van der Waals surface area contributed by atoms with Crippen LogP contribution in [0.1, 0.15) is 90.9 Å². The van der Waals surface area contributed by atoms with Crippen molar-refractivity contribution in [1.29, 1.82) is 0 Å². The van der Waals surface area contributed by atoms with Gasteiger partial charge in [0.1, 0.15) is 11.5 Å². The molecule has 5 nitrogen and oxygen atoms in total. The number of unbranched alkanes of at least 4 members (excludes halogenated alkanes) is 10. The molecular formula is C35H47F3O5S2. The molecule has 3 rings (SSSR count). The Kier molecular flexibility index (Phi) is 17.5. The van der Waals surface area contributed by atoms with Crippen molar-refractivity contribution in [2.24, 2.45) is 0 Å². The Bertz CT molecular complexity index is 1380. The Labute approximate surface area is 272 Å². The SMILES string of the molecule is CCCCCCCCOc1ccccc1-c1cccc(S)c1-c1ccccc1OCCCCCCCC.O=S(=O)(O)C(F)(F)F. The molecule has 45 heavy (non-hydrogen) atoms. The molecule has 3 aromatic carbocycles. The topological polar surface area (TPSA) is 72.8 Å². The fourth-order valence-electron chi connectivity index (χ4n) is 4.79. The van der Waals surface area contributed by atoms with Gasteiger partial charge in [-0.25, -0.2) is 0 Å². The Hall–Kier alpha value is -2.69. The van der Waals surface area contributed by atoms with Gasteiger partial charge in [-0.1, -0.05) is 127 Å². The fraction of sp³-hybridized carbons (Fsp3) is 0.486. The Morgan fingerprint density at radius 1 is 0.622 bits per heavy atom. The van der Waals surface area contributed by atoms with Gasteiger partial charge in [-0.05, 0) is 36.6 Å². The highest BCUT2D eigenvalue weighted by Crippen LogP contribution is 2.43. The predicted molar refractivity (Wildman–Crippen MR) is 180 cm³/mol. The lowest BCUT2D eigenvalue weighted by atomic mass is 9.93. The number of benzene rings is 3. The minimum Gasteiger partial charge on any atom is -0.493 e. The van der Waals surface area contributed by atoms with Crippen LogP contribution in [0.15, 0.2) is 71.6 Å². The summed E-state index contributed by atoms with van der Waals surface area (Å²) in [4.78, 5) is 0.943. The van der Waals surface area contributed by atoms with E-state index in [0.29, 0.717) is 0 Å². The molecule has 0 amide bonds. The standard InChI is InChI=1S/C34H46O2S.CHF3O3S/c1-3-5-7-9-11-17-26-35-31-23-15-13-20-28(31)29-22-19-25-33(37)34(29)30-21-14-16-24-32(30)36-27-18-12-10-8-6-4-2;2-1(3,4)8(5,6)7/h13-16,19-25,37H,3-12,17-18,26-27H2,1-2H3;(H,5,6,7). The zero-order chi connectivity index (χ0) is 33.1. The van der Waals surface area contributed by atoms with Crippen LogP contribution in [0.3, 0.4) is 0 Å². The number of para-hydroxylation sites is 2. The maximum atomic E-state index is 10.7. The molecule has 0 saturated heterocycles. The zero-order valence-corrected chi connectivity index (χ0v) is 28.0. The van der Waals surface area contributed by atoms with Crippen LogP contribution in [-0.4, -0.2) is 31.7 Å². The van der Waals surface area contributed by atoms with E-state index in [1.54, 1.807) is 0 Å². The van der Waals surface area contributed by atoms with Crippen molar-refractivity contribution in [1.82, 2.24) is 0 Å². The third-order valence-corrected chi connectivity index (χ3v) is 8.14. The van der Waals surface area contributed by atoms with Gasteiger partial charge in [0.05, 0.1) is 13.2 Å². The van der Waals surface area contributed by atoms with Gasteiger partial charge in [-0.15, -0.1) is 12.6 Å². The molecule has 250 valence electrons. The number of alkyl halides is 3. The van der Waals surface area contributed by atoms with Gasteiger partial charge in [0, 0.05) is 21.6 Å². The summed E-state index contributed by atoms with van der Waals surface area (Å²) < 4.78 is 70.2. The highest BCUT2D eigenvalue weighted by molar-refractivity contribution is 7.86. The summed E-state index contributed by atoms with van der Waals surface area (Å²) in [5.41, 5.74) is -1.13. The van der Waals surface area contributed by atoms with Gasteiger partial charge in [0.25, 0.3) is 0 Å². The molecule has 0 aliphatic carbocycles. The second kappa shape index (κ2) is 20.4. The van der Waals surface area contributed by atoms with Crippen LogP contribution in [0, 0.1) is 0 Å². The van der Waals surface area contributed by atoms with Gasteiger partial charge >= 0.3 is 15.6 Å². The molecule has 0 fully saturated rings. The Morgan fingerprint density at radius 2 is 1.02 bits per heavy atom. The van der Waals surface area contributed by atoms with E-state index in [1.165, 1.54) is 64.2 Å². The highest BCUT2D eigenvalue weighted by atomic mass is 32.2. The molecule has 0 aromatic heterocycles. The minimum atomic E-state index is -5.84. The molecule has 10 heteroatoms. The van der Waals surface area contributed by atoms with Gasteiger partial charge in [0.15, 0.2) is 0 Å². The van der Waals surface area contributed by atoms with Crippen molar-refractivity contribution < 1.29 is 35.6 Å². The van der Waals surface area contributed by atoms with Gasteiger partial charge in [-0.3, -0.25) is 4.55 Å². The van der Waals surface area contributed by atoms with Crippen molar-refractivity contribution in [2.75, 3.05) is 13.2 Å². The van der Waals surface area contributed by atoms with E-state index in [-0.39, 0.29) is 0 Å². The normalized spacial score (nSPS) is 11.5. The monoisotopic (exact) mass is 668 g/mol. The van der Waals surface area contributed by atoms with Crippen LogP contribution < -0.4 is 9.47 Å². The van der Waals surface area contributed by atoms with E-state index in [2.05, 4.69) is 80.6 Å². The number of hydrogen-bond donors (Lipinski definition) is 2. The predicted octanol–water partition coefficient (Wildman–Crippen LogP) is 11.2. The second-order valence-corrected chi connectivity index (χ2v) is 12.7. The second-order valence-electron chi connectivity index (χ2n) is 10.8. The van der Waals surface area contributed by atoms with E-state index in [4.69, 9.17) is 35.1 Å². The van der Waals surface area contributed by atoms with Crippen LogP contribution in [0.25, 0.3) is 22.3 Å². The van der Waals surface area contributed by atoms with Crippen LogP contribution in [-0.2, 0) is 10.1 Å².